The molecule has 3 heteroatoms. The number of nitrogens with one attached hydrogen (secondary N) is 1. The molecule has 2 atom stereocenters. The maximum Gasteiger partial charge on any atom is 0.224 e. The molecule has 0 bridgehead atoms. The van der Waals surface area contributed by atoms with Crippen LogP contribution in [-0.2, 0) is 4.79 Å². The first-order chi connectivity index (χ1) is 10.2. The number of rotatable bonds is 10. The van der Waals surface area contributed by atoms with Crippen molar-refractivity contribution in [3.63, 3.8) is 0 Å². The van der Waals surface area contributed by atoms with Crippen molar-refractivity contribution in [3.8, 4) is 0 Å². The maximum absolute atomic E-state index is 12.1. The summed E-state index contributed by atoms with van der Waals surface area (Å²) in [5.74, 6) is -0.146. The van der Waals surface area contributed by atoms with Crippen molar-refractivity contribution in [1.82, 2.24) is 5.32 Å². The highest BCUT2D eigenvalue weighted by Crippen LogP contribution is 2.18. The Kier molecular flexibility index (Phi) is 8.76. The van der Waals surface area contributed by atoms with Crippen LogP contribution in [-0.4, -0.2) is 12.5 Å². The first kappa shape index (κ1) is 17.7. The predicted octanol–water partition coefficient (Wildman–Crippen LogP) is 3.80. The van der Waals surface area contributed by atoms with Gasteiger partial charge in [0.15, 0.2) is 0 Å². The van der Waals surface area contributed by atoms with Crippen molar-refractivity contribution < 1.29 is 4.79 Å². The van der Waals surface area contributed by atoms with Crippen molar-refractivity contribution in [2.45, 2.75) is 58.4 Å². The fourth-order valence-electron chi connectivity index (χ4n) is 2.40. The molecule has 0 radical (unpaired) electrons. The molecular formula is C18H30N2O. The second-order valence-corrected chi connectivity index (χ2v) is 5.78. The van der Waals surface area contributed by atoms with Gasteiger partial charge >= 0.3 is 0 Å². The molecule has 0 aliphatic heterocycles. The highest BCUT2D eigenvalue weighted by molar-refractivity contribution is 5.79. The zero-order valence-electron chi connectivity index (χ0n) is 13.5. The maximum atomic E-state index is 12.1. The highest BCUT2D eigenvalue weighted by Gasteiger charge is 2.21. The first-order valence-corrected chi connectivity index (χ1v) is 8.25. The van der Waals surface area contributed by atoms with Gasteiger partial charge in [0.05, 0.1) is 5.92 Å². The number of carbonyl (C=O) groups is 1. The lowest BCUT2D eigenvalue weighted by molar-refractivity contribution is -0.125. The van der Waals surface area contributed by atoms with Gasteiger partial charge in [-0.25, -0.2) is 0 Å². The van der Waals surface area contributed by atoms with Crippen molar-refractivity contribution in [1.29, 1.82) is 0 Å². The Labute approximate surface area is 129 Å². The molecule has 3 nitrogen and oxygen atoms in total. The van der Waals surface area contributed by atoms with Crippen molar-refractivity contribution in [2.24, 2.45) is 11.7 Å². The summed E-state index contributed by atoms with van der Waals surface area (Å²) >= 11 is 0. The molecule has 1 rings (SSSR count). The molecule has 0 aliphatic carbocycles. The van der Waals surface area contributed by atoms with Gasteiger partial charge in [0, 0.05) is 12.6 Å². The fourth-order valence-corrected chi connectivity index (χ4v) is 2.40. The summed E-state index contributed by atoms with van der Waals surface area (Å²) in [5, 5.41) is 3.01. The summed E-state index contributed by atoms with van der Waals surface area (Å²) in [6.07, 6.45) is 7.41. The second-order valence-electron chi connectivity index (χ2n) is 5.78. The number of amides is 1. The summed E-state index contributed by atoms with van der Waals surface area (Å²) in [5.41, 5.74) is 7.18. The minimum atomic E-state index is -0.240. The molecule has 21 heavy (non-hydrogen) atoms. The van der Waals surface area contributed by atoms with Gasteiger partial charge in [0.25, 0.3) is 0 Å². The Balaban J connectivity index is 2.22. The minimum absolute atomic E-state index is 0.0555. The molecular weight excluding hydrogens is 260 g/mol. The molecule has 0 fully saturated rings. The second kappa shape index (κ2) is 10.4. The molecule has 0 spiro atoms. The van der Waals surface area contributed by atoms with Crippen LogP contribution in [0.1, 0.15) is 64.0 Å². The average molecular weight is 290 g/mol. The Morgan fingerprint density at radius 3 is 2.38 bits per heavy atom. The summed E-state index contributed by atoms with van der Waals surface area (Å²) in [6, 6.07) is 9.58. The Bertz CT molecular complexity index is 391. The average Bonchev–Trinajstić information content (AvgIpc) is 2.53. The third kappa shape index (κ3) is 6.76. The van der Waals surface area contributed by atoms with Gasteiger partial charge in [-0.1, -0.05) is 76.3 Å². The van der Waals surface area contributed by atoms with Gasteiger partial charge < -0.3 is 11.1 Å². The SMILES string of the molecule is CCCCCCCCNC(=O)C(C)C(N)c1ccccc1. The summed E-state index contributed by atoms with van der Waals surface area (Å²) in [7, 11) is 0. The van der Waals surface area contributed by atoms with Crippen LogP contribution in [0.3, 0.4) is 0 Å². The van der Waals surface area contributed by atoms with Crippen LogP contribution in [0.15, 0.2) is 30.3 Å². The normalized spacial score (nSPS) is 13.7. The first-order valence-electron chi connectivity index (χ1n) is 8.25. The van der Waals surface area contributed by atoms with Crippen LogP contribution in [0.25, 0.3) is 0 Å². The van der Waals surface area contributed by atoms with E-state index < -0.39 is 0 Å². The molecule has 1 amide bonds. The Hall–Kier alpha value is -1.35. The van der Waals surface area contributed by atoms with Crippen LogP contribution < -0.4 is 11.1 Å². The van der Waals surface area contributed by atoms with E-state index in [1.54, 1.807) is 0 Å². The topological polar surface area (TPSA) is 55.1 Å². The number of nitrogens with two attached hydrogens (primary N) is 1. The van der Waals surface area contributed by atoms with Gasteiger partial charge in [-0.3, -0.25) is 4.79 Å². The number of hydrogen-bond acceptors (Lipinski definition) is 2. The lowest BCUT2D eigenvalue weighted by Crippen LogP contribution is -2.36. The lowest BCUT2D eigenvalue weighted by Gasteiger charge is -2.19. The van der Waals surface area contributed by atoms with Gasteiger partial charge in [0.2, 0.25) is 5.91 Å². The molecule has 0 aromatic heterocycles. The monoisotopic (exact) mass is 290 g/mol. The zero-order valence-corrected chi connectivity index (χ0v) is 13.5. The Morgan fingerprint density at radius 2 is 1.71 bits per heavy atom. The van der Waals surface area contributed by atoms with E-state index in [1.807, 2.05) is 37.3 Å². The van der Waals surface area contributed by atoms with E-state index in [0.29, 0.717) is 0 Å². The molecule has 1 aromatic rings. The van der Waals surface area contributed by atoms with Crippen LogP contribution in [0.5, 0.6) is 0 Å². The molecule has 1 aromatic carbocycles. The summed E-state index contributed by atoms with van der Waals surface area (Å²) < 4.78 is 0. The van der Waals surface area contributed by atoms with Crippen LogP contribution in [0, 0.1) is 5.92 Å². The third-order valence-corrected chi connectivity index (χ3v) is 3.97. The van der Waals surface area contributed by atoms with Gasteiger partial charge in [0.1, 0.15) is 0 Å². The van der Waals surface area contributed by atoms with Crippen LogP contribution in [0.2, 0.25) is 0 Å². The van der Waals surface area contributed by atoms with Crippen LogP contribution >= 0.6 is 0 Å². The number of hydrogen-bond donors (Lipinski definition) is 2. The standard InChI is InChI=1S/C18H30N2O/c1-3-4-5-6-7-11-14-20-18(21)15(2)17(19)16-12-9-8-10-13-16/h8-10,12-13,15,17H,3-7,11,14,19H2,1-2H3,(H,20,21). The molecule has 0 aliphatic rings. The van der Waals surface area contributed by atoms with Crippen LogP contribution in [0.4, 0.5) is 0 Å². The number of benzene rings is 1. The molecule has 0 heterocycles. The fraction of sp³-hybridized carbons (Fsp3) is 0.611. The van der Waals surface area contributed by atoms with E-state index in [1.165, 1.54) is 32.1 Å². The van der Waals surface area contributed by atoms with E-state index in [2.05, 4.69) is 12.2 Å². The van der Waals surface area contributed by atoms with E-state index in [0.717, 1.165) is 18.5 Å². The molecule has 2 unspecified atom stereocenters. The summed E-state index contributed by atoms with van der Waals surface area (Å²) in [4.78, 5) is 12.1. The number of unbranched alkanes of at least 4 members (excludes halogenated alkanes) is 5. The van der Waals surface area contributed by atoms with E-state index in [-0.39, 0.29) is 17.9 Å². The molecule has 3 N–H and O–H groups in total. The lowest BCUT2D eigenvalue weighted by atomic mass is 9.94. The highest BCUT2D eigenvalue weighted by atomic mass is 16.1. The molecule has 0 saturated heterocycles. The third-order valence-electron chi connectivity index (χ3n) is 3.97. The van der Waals surface area contributed by atoms with Gasteiger partial charge in [-0.15, -0.1) is 0 Å². The smallest absolute Gasteiger partial charge is 0.224 e. The van der Waals surface area contributed by atoms with Crippen molar-refractivity contribution in [2.75, 3.05) is 6.54 Å². The largest absolute Gasteiger partial charge is 0.356 e. The quantitative estimate of drug-likeness (QED) is 0.644. The van der Waals surface area contributed by atoms with Gasteiger partial charge in [-0.2, -0.15) is 0 Å². The number of carbonyl (C=O) groups excluding carboxylic acids is 1. The summed E-state index contributed by atoms with van der Waals surface area (Å²) in [6.45, 7) is 4.88. The molecule has 118 valence electrons. The van der Waals surface area contributed by atoms with E-state index >= 15 is 0 Å². The zero-order chi connectivity index (χ0) is 15.5. The Morgan fingerprint density at radius 1 is 1.10 bits per heavy atom. The van der Waals surface area contributed by atoms with Crippen molar-refractivity contribution in [3.05, 3.63) is 35.9 Å². The minimum Gasteiger partial charge on any atom is -0.356 e. The van der Waals surface area contributed by atoms with Gasteiger partial charge in [-0.05, 0) is 12.0 Å². The predicted molar refractivity (Wildman–Crippen MR) is 88.9 cm³/mol. The molecule has 0 saturated carbocycles. The van der Waals surface area contributed by atoms with E-state index in [9.17, 15) is 4.79 Å². The van der Waals surface area contributed by atoms with Crippen molar-refractivity contribution >= 4 is 5.91 Å². The van der Waals surface area contributed by atoms with E-state index in [4.69, 9.17) is 5.73 Å².